The maximum atomic E-state index is 13.9. The lowest BCUT2D eigenvalue weighted by Crippen LogP contribution is -2.36. The predicted molar refractivity (Wildman–Crippen MR) is 163 cm³/mol. The minimum atomic E-state index is -4.79. The molecule has 0 saturated carbocycles. The highest BCUT2D eigenvalue weighted by molar-refractivity contribution is 7.92. The Kier molecular flexibility index (Phi) is 9.80. The number of alkyl halides is 3. The quantitative estimate of drug-likeness (QED) is 0.286. The molecule has 1 aliphatic rings. The minimum Gasteiger partial charge on any atom is -0.495 e. The number of hydrogen-bond acceptors (Lipinski definition) is 9. The molecule has 1 aromatic heterocycles. The highest BCUT2D eigenvalue weighted by Gasteiger charge is 2.35. The summed E-state index contributed by atoms with van der Waals surface area (Å²) in [6.07, 6.45) is -2.32. The van der Waals surface area contributed by atoms with Gasteiger partial charge in [0.25, 0.3) is 5.91 Å². The van der Waals surface area contributed by atoms with Gasteiger partial charge in [0.15, 0.2) is 0 Å². The molecule has 238 valence electrons. The summed E-state index contributed by atoms with van der Waals surface area (Å²) in [6.45, 7) is 3.17. The fraction of sp³-hybridized carbons (Fsp3) is 0.393. The number of sulfonamides is 1. The summed E-state index contributed by atoms with van der Waals surface area (Å²) in [6, 6.07) is 7.79. The standard InChI is InChI=1S/C28H33ClF3N7O4S/c1-16-6-7-17(23(10-16)39(3)44(5,41)42)13-33-25-20(28(30,31)32)14-34-27(37-25)36-22-12-21(29)19(11-24(22)43-4)26(40)35-18-8-9-38(2)15-18/h6-7,10-12,14,18H,8-9,13,15H2,1-5H3,(H,35,40)(H2,33,34,36,37)/t18-/m0/s1. The number of carbonyl (C=O) groups excluding carboxylic acids is 1. The molecule has 0 radical (unpaired) electrons. The van der Waals surface area contributed by atoms with Crippen LogP contribution in [0, 0.1) is 6.92 Å². The first-order valence-corrected chi connectivity index (χ1v) is 15.6. The molecular weight excluding hydrogens is 623 g/mol. The van der Waals surface area contributed by atoms with Crippen LogP contribution >= 0.6 is 11.6 Å². The van der Waals surface area contributed by atoms with Crippen molar-refractivity contribution in [2.45, 2.75) is 32.1 Å². The topological polar surface area (TPSA) is 129 Å². The first-order chi connectivity index (χ1) is 20.6. The van der Waals surface area contributed by atoms with Crippen molar-refractivity contribution in [1.29, 1.82) is 0 Å². The second-order valence-corrected chi connectivity index (χ2v) is 13.0. The van der Waals surface area contributed by atoms with E-state index in [0.717, 1.165) is 29.1 Å². The van der Waals surface area contributed by atoms with E-state index in [1.165, 1.54) is 26.3 Å². The molecule has 1 saturated heterocycles. The summed E-state index contributed by atoms with van der Waals surface area (Å²) in [5, 5.41) is 8.54. The molecule has 16 heteroatoms. The van der Waals surface area contributed by atoms with Gasteiger partial charge in [0.1, 0.15) is 17.1 Å². The van der Waals surface area contributed by atoms with Crippen LogP contribution in [0.2, 0.25) is 5.02 Å². The Morgan fingerprint density at radius 1 is 1.25 bits per heavy atom. The molecule has 2 aromatic carbocycles. The van der Waals surface area contributed by atoms with Gasteiger partial charge in [-0.25, -0.2) is 13.4 Å². The highest BCUT2D eigenvalue weighted by Crippen LogP contribution is 2.37. The molecule has 1 fully saturated rings. The molecular formula is C28H33ClF3N7O4S. The van der Waals surface area contributed by atoms with Gasteiger partial charge in [-0.15, -0.1) is 0 Å². The summed E-state index contributed by atoms with van der Waals surface area (Å²) >= 11 is 6.44. The number of benzene rings is 2. The van der Waals surface area contributed by atoms with E-state index in [1.807, 2.05) is 7.05 Å². The van der Waals surface area contributed by atoms with Crippen LogP contribution in [0.4, 0.5) is 36.3 Å². The Morgan fingerprint density at radius 3 is 2.59 bits per heavy atom. The smallest absolute Gasteiger partial charge is 0.421 e. The van der Waals surface area contributed by atoms with Gasteiger partial charge in [-0.3, -0.25) is 9.10 Å². The first-order valence-electron chi connectivity index (χ1n) is 13.4. The maximum absolute atomic E-state index is 13.9. The predicted octanol–water partition coefficient (Wildman–Crippen LogP) is 4.65. The number of anilines is 4. The summed E-state index contributed by atoms with van der Waals surface area (Å²) in [7, 11) is 1.06. The zero-order valence-corrected chi connectivity index (χ0v) is 26.3. The van der Waals surface area contributed by atoms with Crippen LogP contribution in [-0.4, -0.2) is 75.8 Å². The van der Waals surface area contributed by atoms with Gasteiger partial charge >= 0.3 is 6.18 Å². The molecule has 1 atom stereocenters. The maximum Gasteiger partial charge on any atom is 0.421 e. The van der Waals surface area contributed by atoms with E-state index in [1.54, 1.807) is 25.1 Å². The largest absolute Gasteiger partial charge is 0.495 e. The number of likely N-dealkylation sites (N-methyl/N-ethyl adjacent to an activating group) is 1. The normalized spacial score (nSPS) is 15.6. The minimum absolute atomic E-state index is 0.0263. The number of hydrogen-bond donors (Lipinski definition) is 3. The van der Waals surface area contributed by atoms with Gasteiger partial charge in [0.05, 0.1) is 35.3 Å². The fourth-order valence-electron chi connectivity index (χ4n) is 4.69. The summed E-state index contributed by atoms with van der Waals surface area (Å²) < 4.78 is 72.5. The van der Waals surface area contributed by atoms with Crippen LogP contribution in [-0.2, 0) is 22.7 Å². The van der Waals surface area contributed by atoms with Crippen molar-refractivity contribution < 1.29 is 31.1 Å². The van der Waals surface area contributed by atoms with Crippen molar-refractivity contribution >= 4 is 50.7 Å². The summed E-state index contributed by atoms with van der Waals surface area (Å²) in [5.41, 5.74) is 0.776. The number of likely N-dealkylation sites (tertiary alicyclic amines) is 1. The molecule has 3 aromatic rings. The highest BCUT2D eigenvalue weighted by atomic mass is 35.5. The van der Waals surface area contributed by atoms with E-state index in [2.05, 4.69) is 30.8 Å². The van der Waals surface area contributed by atoms with Crippen LogP contribution < -0.4 is 25.0 Å². The third kappa shape index (κ3) is 7.81. The number of methoxy groups -OCH3 is 1. The van der Waals surface area contributed by atoms with Crippen molar-refractivity contribution in [3.8, 4) is 5.75 Å². The van der Waals surface area contributed by atoms with E-state index in [9.17, 15) is 26.4 Å². The van der Waals surface area contributed by atoms with E-state index >= 15 is 0 Å². The van der Waals surface area contributed by atoms with Crippen molar-refractivity contribution in [2.75, 3.05) is 55.5 Å². The number of nitrogens with one attached hydrogen (secondary N) is 3. The number of amides is 1. The Balaban J connectivity index is 1.61. The van der Waals surface area contributed by atoms with Crippen molar-refractivity contribution in [1.82, 2.24) is 20.2 Å². The summed E-state index contributed by atoms with van der Waals surface area (Å²) in [4.78, 5) is 22.9. The zero-order chi connectivity index (χ0) is 32.4. The number of carbonyl (C=O) groups is 1. The second-order valence-electron chi connectivity index (χ2n) is 10.5. The molecule has 0 bridgehead atoms. The number of ether oxygens (including phenoxy) is 1. The Labute approximate surface area is 258 Å². The van der Waals surface area contributed by atoms with E-state index in [-0.39, 0.29) is 46.5 Å². The van der Waals surface area contributed by atoms with Gasteiger partial charge in [0, 0.05) is 32.4 Å². The van der Waals surface area contributed by atoms with Gasteiger partial charge < -0.3 is 25.6 Å². The SMILES string of the molecule is COc1cc(C(=O)N[C@H]2CCN(C)C2)c(Cl)cc1Nc1ncc(C(F)(F)F)c(NCc2ccc(C)cc2N(C)S(C)(=O)=O)n1. The van der Waals surface area contributed by atoms with Crippen LogP contribution in [0.3, 0.4) is 0 Å². The van der Waals surface area contributed by atoms with E-state index in [0.29, 0.717) is 24.0 Å². The lowest BCUT2D eigenvalue weighted by molar-refractivity contribution is -0.137. The van der Waals surface area contributed by atoms with Crippen LogP contribution in [0.5, 0.6) is 5.75 Å². The Bertz CT molecular complexity index is 1660. The third-order valence-corrected chi connectivity index (χ3v) is 8.63. The molecule has 2 heterocycles. The Hall–Kier alpha value is -3.82. The molecule has 0 spiro atoms. The number of aryl methyl sites for hydroxylation is 1. The van der Waals surface area contributed by atoms with Gasteiger partial charge in [0.2, 0.25) is 16.0 Å². The molecule has 3 N–H and O–H groups in total. The molecule has 11 nitrogen and oxygen atoms in total. The van der Waals surface area contributed by atoms with Crippen molar-refractivity contribution in [3.05, 3.63) is 63.8 Å². The Morgan fingerprint density at radius 2 is 1.98 bits per heavy atom. The number of aromatic nitrogens is 2. The van der Waals surface area contributed by atoms with Gasteiger partial charge in [-0.2, -0.15) is 18.2 Å². The molecule has 44 heavy (non-hydrogen) atoms. The zero-order valence-electron chi connectivity index (χ0n) is 24.7. The molecule has 0 aliphatic carbocycles. The van der Waals surface area contributed by atoms with E-state index in [4.69, 9.17) is 16.3 Å². The lowest BCUT2D eigenvalue weighted by atomic mass is 10.1. The van der Waals surface area contributed by atoms with Crippen molar-refractivity contribution in [2.24, 2.45) is 0 Å². The van der Waals surface area contributed by atoms with Gasteiger partial charge in [-0.05, 0) is 56.3 Å². The number of halogens is 4. The van der Waals surface area contributed by atoms with Crippen molar-refractivity contribution in [3.63, 3.8) is 0 Å². The second kappa shape index (κ2) is 13.0. The van der Waals surface area contributed by atoms with Crippen LogP contribution in [0.15, 0.2) is 36.5 Å². The average molecular weight is 656 g/mol. The van der Waals surface area contributed by atoms with Crippen LogP contribution in [0.25, 0.3) is 0 Å². The number of rotatable bonds is 10. The third-order valence-electron chi connectivity index (χ3n) is 7.12. The lowest BCUT2D eigenvalue weighted by Gasteiger charge is -2.22. The average Bonchev–Trinajstić information content (AvgIpc) is 3.35. The van der Waals surface area contributed by atoms with Gasteiger partial charge in [-0.1, -0.05) is 23.7 Å². The first kappa shape index (κ1) is 33.1. The van der Waals surface area contributed by atoms with E-state index < -0.39 is 27.6 Å². The molecule has 0 unspecified atom stereocenters. The molecule has 1 aliphatic heterocycles. The molecule has 4 rings (SSSR count). The van der Waals surface area contributed by atoms with Crippen LogP contribution in [0.1, 0.15) is 33.5 Å². The monoisotopic (exact) mass is 655 g/mol. The molecule has 1 amide bonds. The summed E-state index contributed by atoms with van der Waals surface area (Å²) in [5.74, 6) is -0.937. The fourth-order valence-corrected chi connectivity index (χ4v) is 5.47. The number of nitrogens with zero attached hydrogens (tertiary/aromatic N) is 4.